The molecular weight excluding hydrogens is 184 g/mol. The Balaban J connectivity index is 2.08. The highest BCUT2D eigenvalue weighted by Gasteiger charge is 2.37. The van der Waals surface area contributed by atoms with Gasteiger partial charge in [-0.1, -0.05) is 6.07 Å². The van der Waals surface area contributed by atoms with Gasteiger partial charge in [0.25, 0.3) is 0 Å². The van der Waals surface area contributed by atoms with E-state index in [1.54, 1.807) is 6.07 Å². The van der Waals surface area contributed by atoms with E-state index in [4.69, 9.17) is 0 Å². The van der Waals surface area contributed by atoms with Crippen LogP contribution in [0.3, 0.4) is 0 Å². The highest BCUT2D eigenvalue weighted by atomic mass is 19.2. The molecule has 3 heteroatoms. The average molecular weight is 197 g/mol. The van der Waals surface area contributed by atoms with Crippen LogP contribution in [0.25, 0.3) is 0 Å². The average Bonchev–Trinajstić information content (AvgIpc) is 2.90. The molecule has 1 aromatic carbocycles. The lowest BCUT2D eigenvalue weighted by molar-refractivity contribution is 0.506. The molecule has 0 bridgehead atoms. The summed E-state index contributed by atoms with van der Waals surface area (Å²) < 4.78 is 25.5. The van der Waals surface area contributed by atoms with Crippen LogP contribution in [0.2, 0.25) is 0 Å². The molecule has 1 N–H and O–H groups in total. The molecule has 1 aliphatic rings. The van der Waals surface area contributed by atoms with Crippen molar-refractivity contribution in [2.24, 2.45) is 5.92 Å². The molecule has 0 unspecified atom stereocenters. The van der Waals surface area contributed by atoms with Gasteiger partial charge in [-0.25, -0.2) is 8.78 Å². The van der Waals surface area contributed by atoms with Gasteiger partial charge in [-0.2, -0.15) is 0 Å². The largest absolute Gasteiger partial charge is 0.319 e. The zero-order chi connectivity index (χ0) is 10.1. The molecule has 2 rings (SSSR count). The first-order valence-electron chi connectivity index (χ1n) is 4.82. The molecule has 0 radical (unpaired) electrons. The number of halogens is 2. The van der Waals surface area contributed by atoms with Gasteiger partial charge in [-0.05, 0) is 49.5 Å². The van der Waals surface area contributed by atoms with Crippen LogP contribution in [-0.2, 0) is 0 Å². The van der Waals surface area contributed by atoms with Gasteiger partial charge in [0.2, 0.25) is 0 Å². The predicted octanol–water partition coefficient (Wildman–Crippen LogP) is 2.29. The SMILES string of the molecule is CNC[C@@H]1C[C@@H]1c1ccc(F)c(F)c1. The third kappa shape index (κ3) is 1.77. The number of rotatable bonds is 3. The Kier molecular flexibility index (Phi) is 2.50. The van der Waals surface area contributed by atoms with Gasteiger partial charge < -0.3 is 5.32 Å². The lowest BCUT2D eigenvalue weighted by Gasteiger charge is -2.01. The molecule has 2 atom stereocenters. The Morgan fingerprint density at radius 3 is 2.79 bits per heavy atom. The van der Waals surface area contributed by atoms with Gasteiger partial charge in [0, 0.05) is 0 Å². The number of nitrogens with one attached hydrogen (secondary N) is 1. The van der Waals surface area contributed by atoms with Gasteiger partial charge >= 0.3 is 0 Å². The molecule has 0 aromatic heterocycles. The minimum absolute atomic E-state index is 0.414. The maximum absolute atomic E-state index is 12.9. The summed E-state index contributed by atoms with van der Waals surface area (Å²) in [4.78, 5) is 0. The molecule has 1 nitrogen and oxygen atoms in total. The van der Waals surface area contributed by atoms with Crippen molar-refractivity contribution in [2.75, 3.05) is 13.6 Å². The van der Waals surface area contributed by atoms with Crippen LogP contribution in [0.1, 0.15) is 17.9 Å². The Morgan fingerprint density at radius 2 is 2.14 bits per heavy atom. The minimum Gasteiger partial charge on any atom is -0.319 e. The van der Waals surface area contributed by atoms with Crippen molar-refractivity contribution in [2.45, 2.75) is 12.3 Å². The van der Waals surface area contributed by atoms with Crippen LogP contribution >= 0.6 is 0 Å². The normalized spacial score (nSPS) is 25.1. The lowest BCUT2D eigenvalue weighted by Crippen LogP contribution is -2.10. The van der Waals surface area contributed by atoms with E-state index in [2.05, 4.69) is 5.32 Å². The van der Waals surface area contributed by atoms with E-state index in [0.717, 1.165) is 18.5 Å². The van der Waals surface area contributed by atoms with E-state index in [-0.39, 0.29) is 0 Å². The van der Waals surface area contributed by atoms with Crippen molar-refractivity contribution >= 4 is 0 Å². The van der Waals surface area contributed by atoms with Crippen molar-refractivity contribution in [1.29, 1.82) is 0 Å². The summed E-state index contributed by atoms with van der Waals surface area (Å²) >= 11 is 0. The molecular formula is C11H13F2N. The molecule has 76 valence electrons. The fourth-order valence-electron chi connectivity index (χ4n) is 1.89. The van der Waals surface area contributed by atoms with Crippen LogP contribution < -0.4 is 5.32 Å². The number of hydrogen-bond donors (Lipinski definition) is 1. The van der Waals surface area contributed by atoms with E-state index >= 15 is 0 Å². The fourth-order valence-corrected chi connectivity index (χ4v) is 1.89. The highest BCUT2D eigenvalue weighted by Crippen LogP contribution is 2.47. The Morgan fingerprint density at radius 1 is 1.36 bits per heavy atom. The molecule has 0 spiro atoms. The molecule has 1 saturated carbocycles. The molecule has 14 heavy (non-hydrogen) atoms. The third-order valence-corrected chi connectivity index (χ3v) is 2.76. The first-order chi connectivity index (χ1) is 6.72. The molecule has 1 aliphatic carbocycles. The summed E-state index contributed by atoms with van der Waals surface area (Å²) in [5, 5.41) is 3.09. The van der Waals surface area contributed by atoms with Crippen molar-refractivity contribution in [3.05, 3.63) is 35.4 Å². The van der Waals surface area contributed by atoms with Crippen molar-refractivity contribution in [1.82, 2.24) is 5.32 Å². The highest BCUT2D eigenvalue weighted by molar-refractivity contribution is 5.27. The summed E-state index contributed by atoms with van der Waals surface area (Å²) in [5.41, 5.74) is 0.921. The molecule has 0 saturated heterocycles. The molecule has 0 amide bonds. The lowest BCUT2D eigenvalue weighted by atomic mass is 10.1. The van der Waals surface area contributed by atoms with Gasteiger partial charge in [-0.3, -0.25) is 0 Å². The second-order valence-electron chi connectivity index (χ2n) is 3.83. The standard InChI is InChI=1S/C11H13F2N/c1-14-6-8-4-9(8)7-2-3-10(12)11(13)5-7/h2-3,5,8-9,14H,4,6H2,1H3/t8-,9+/m0/s1. The molecule has 0 aliphatic heterocycles. The van der Waals surface area contributed by atoms with Gasteiger partial charge in [0.15, 0.2) is 11.6 Å². The van der Waals surface area contributed by atoms with Gasteiger partial charge in [-0.15, -0.1) is 0 Å². The molecule has 1 fully saturated rings. The van der Waals surface area contributed by atoms with E-state index in [0.29, 0.717) is 11.8 Å². The summed E-state index contributed by atoms with van der Waals surface area (Å²) in [6, 6.07) is 4.20. The smallest absolute Gasteiger partial charge is 0.159 e. The monoisotopic (exact) mass is 197 g/mol. The van der Waals surface area contributed by atoms with Crippen LogP contribution in [0.4, 0.5) is 8.78 Å². The van der Waals surface area contributed by atoms with E-state index in [1.165, 1.54) is 12.1 Å². The second-order valence-corrected chi connectivity index (χ2v) is 3.83. The van der Waals surface area contributed by atoms with E-state index in [1.807, 2.05) is 7.05 Å². The van der Waals surface area contributed by atoms with Crippen LogP contribution in [-0.4, -0.2) is 13.6 Å². The summed E-state index contributed by atoms with van der Waals surface area (Å²) in [6.07, 6.45) is 1.08. The maximum atomic E-state index is 12.9. The van der Waals surface area contributed by atoms with Crippen LogP contribution in [0.15, 0.2) is 18.2 Å². The first-order valence-corrected chi connectivity index (χ1v) is 4.82. The van der Waals surface area contributed by atoms with Gasteiger partial charge in [0.1, 0.15) is 0 Å². The van der Waals surface area contributed by atoms with E-state index < -0.39 is 11.6 Å². The Bertz CT molecular complexity index is 338. The topological polar surface area (TPSA) is 12.0 Å². The maximum Gasteiger partial charge on any atom is 0.159 e. The second kappa shape index (κ2) is 3.65. The zero-order valence-electron chi connectivity index (χ0n) is 8.06. The third-order valence-electron chi connectivity index (χ3n) is 2.76. The van der Waals surface area contributed by atoms with Crippen LogP contribution in [0.5, 0.6) is 0 Å². The van der Waals surface area contributed by atoms with E-state index in [9.17, 15) is 8.78 Å². The number of benzene rings is 1. The quantitative estimate of drug-likeness (QED) is 0.784. The zero-order valence-corrected chi connectivity index (χ0v) is 8.06. The first kappa shape index (κ1) is 9.59. The minimum atomic E-state index is -0.764. The van der Waals surface area contributed by atoms with Gasteiger partial charge in [0.05, 0.1) is 0 Å². The molecule has 1 aromatic rings. The van der Waals surface area contributed by atoms with Crippen molar-refractivity contribution < 1.29 is 8.78 Å². The Labute approximate surface area is 82.1 Å². The number of hydrogen-bond acceptors (Lipinski definition) is 1. The molecule has 0 heterocycles. The summed E-state index contributed by atoms with van der Waals surface area (Å²) in [6.45, 7) is 0.948. The van der Waals surface area contributed by atoms with Crippen molar-refractivity contribution in [3.63, 3.8) is 0 Å². The Hall–Kier alpha value is -0.960. The van der Waals surface area contributed by atoms with Crippen LogP contribution in [0, 0.1) is 17.6 Å². The van der Waals surface area contributed by atoms with Crippen molar-refractivity contribution in [3.8, 4) is 0 Å². The fraction of sp³-hybridized carbons (Fsp3) is 0.455. The predicted molar refractivity (Wildman–Crippen MR) is 51.1 cm³/mol. The summed E-state index contributed by atoms with van der Waals surface area (Å²) in [5.74, 6) is -0.500. The summed E-state index contributed by atoms with van der Waals surface area (Å²) in [7, 11) is 1.90.